The molecule has 0 radical (unpaired) electrons. The van der Waals surface area contributed by atoms with Gasteiger partial charge in [0.15, 0.2) is 4.77 Å². The molecular weight excluding hydrogens is 272 g/mol. The molecule has 5 heteroatoms. The summed E-state index contributed by atoms with van der Waals surface area (Å²) in [5.74, 6) is 3.26. The Bertz CT molecular complexity index is 596. The summed E-state index contributed by atoms with van der Waals surface area (Å²) in [5.41, 5.74) is 2.20. The maximum atomic E-state index is 6.05. The standard InChI is InChI=1S/C12H13ClN2S2/c13-9-1-2-10-11(5-9)15(12(16)14-10)6-8-3-4-17-7-8/h1-2,5,8H,3-4,6-7H2,(H,14,16). The first-order chi connectivity index (χ1) is 8.24. The molecule has 17 heavy (non-hydrogen) atoms. The van der Waals surface area contributed by atoms with E-state index in [1.807, 2.05) is 30.0 Å². The van der Waals surface area contributed by atoms with Gasteiger partial charge in [-0.2, -0.15) is 11.8 Å². The zero-order valence-corrected chi connectivity index (χ0v) is 11.7. The number of rotatable bonds is 2. The van der Waals surface area contributed by atoms with Crippen molar-refractivity contribution in [2.24, 2.45) is 5.92 Å². The van der Waals surface area contributed by atoms with E-state index < -0.39 is 0 Å². The number of H-pyrrole nitrogens is 1. The minimum Gasteiger partial charge on any atom is -0.331 e. The van der Waals surface area contributed by atoms with Crippen LogP contribution in [0.3, 0.4) is 0 Å². The Morgan fingerprint density at radius 1 is 1.53 bits per heavy atom. The zero-order valence-electron chi connectivity index (χ0n) is 9.28. The van der Waals surface area contributed by atoms with Crippen LogP contribution >= 0.6 is 35.6 Å². The molecule has 3 rings (SSSR count). The summed E-state index contributed by atoms with van der Waals surface area (Å²) in [6, 6.07) is 5.88. The molecule has 2 aromatic rings. The van der Waals surface area contributed by atoms with Crippen molar-refractivity contribution in [2.45, 2.75) is 13.0 Å². The molecule has 1 aromatic carbocycles. The van der Waals surface area contributed by atoms with Crippen molar-refractivity contribution in [1.29, 1.82) is 0 Å². The maximum absolute atomic E-state index is 6.05. The van der Waals surface area contributed by atoms with E-state index in [4.69, 9.17) is 23.8 Å². The average Bonchev–Trinajstić information content (AvgIpc) is 2.90. The molecule has 90 valence electrons. The fraction of sp³-hybridized carbons (Fsp3) is 0.417. The number of thioether (sulfide) groups is 1. The number of halogens is 1. The number of aromatic nitrogens is 2. The van der Waals surface area contributed by atoms with E-state index in [0.717, 1.165) is 33.3 Å². The van der Waals surface area contributed by atoms with Crippen molar-refractivity contribution in [3.8, 4) is 0 Å². The molecule has 2 nitrogen and oxygen atoms in total. The largest absolute Gasteiger partial charge is 0.331 e. The third-order valence-electron chi connectivity index (χ3n) is 3.20. The highest BCUT2D eigenvalue weighted by Crippen LogP contribution is 2.27. The Balaban J connectivity index is 2.04. The van der Waals surface area contributed by atoms with E-state index >= 15 is 0 Å². The van der Waals surface area contributed by atoms with Crippen LogP contribution in [-0.4, -0.2) is 21.1 Å². The predicted octanol–water partition coefficient (Wildman–Crippen LogP) is 4.11. The van der Waals surface area contributed by atoms with Crippen LogP contribution in [0.4, 0.5) is 0 Å². The van der Waals surface area contributed by atoms with Gasteiger partial charge in [0.05, 0.1) is 11.0 Å². The van der Waals surface area contributed by atoms with Gasteiger partial charge in [-0.15, -0.1) is 0 Å². The smallest absolute Gasteiger partial charge is 0.178 e. The second kappa shape index (κ2) is 4.67. The second-order valence-corrected chi connectivity index (χ2v) is 6.40. The lowest BCUT2D eigenvalue weighted by Gasteiger charge is -2.10. The lowest BCUT2D eigenvalue weighted by atomic mass is 10.1. The average molecular weight is 285 g/mol. The maximum Gasteiger partial charge on any atom is 0.178 e. The van der Waals surface area contributed by atoms with Gasteiger partial charge in [-0.25, -0.2) is 0 Å². The van der Waals surface area contributed by atoms with Crippen LogP contribution < -0.4 is 0 Å². The Morgan fingerprint density at radius 3 is 3.18 bits per heavy atom. The number of imidazole rings is 1. The number of hydrogen-bond donors (Lipinski definition) is 1. The highest BCUT2D eigenvalue weighted by molar-refractivity contribution is 7.99. The van der Waals surface area contributed by atoms with Crippen LogP contribution in [0, 0.1) is 10.7 Å². The fourth-order valence-electron chi connectivity index (χ4n) is 2.29. The van der Waals surface area contributed by atoms with Gasteiger partial charge in [0.2, 0.25) is 0 Å². The van der Waals surface area contributed by atoms with Crippen LogP contribution in [0.2, 0.25) is 5.02 Å². The van der Waals surface area contributed by atoms with Gasteiger partial charge in [0.1, 0.15) is 0 Å². The van der Waals surface area contributed by atoms with Gasteiger partial charge >= 0.3 is 0 Å². The third kappa shape index (κ3) is 2.26. The lowest BCUT2D eigenvalue weighted by molar-refractivity contribution is 0.497. The quantitative estimate of drug-likeness (QED) is 0.838. The SMILES string of the molecule is S=c1[nH]c2ccc(Cl)cc2n1CC1CCSC1. The summed E-state index contributed by atoms with van der Waals surface area (Å²) >= 11 is 13.5. The van der Waals surface area contributed by atoms with E-state index in [1.165, 1.54) is 17.9 Å². The summed E-state index contributed by atoms with van der Waals surface area (Å²) < 4.78 is 2.99. The molecule has 1 aliphatic rings. The topological polar surface area (TPSA) is 20.7 Å². The molecule has 1 aromatic heterocycles. The number of nitrogens with one attached hydrogen (secondary N) is 1. The molecule has 0 saturated carbocycles. The van der Waals surface area contributed by atoms with Crippen molar-refractivity contribution < 1.29 is 0 Å². The molecule has 2 heterocycles. The van der Waals surface area contributed by atoms with Gasteiger partial charge in [0.25, 0.3) is 0 Å². The summed E-state index contributed by atoms with van der Waals surface area (Å²) in [6.45, 7) is 1.01. The summed E-state index contributed by atoms with van der Waals surface area (Å²) in [5, 5.41) is 0.765. The first-order valence-corrected chi connectivity index (χ1v) is 7.64. The van der Waals surface area contributed by atoms with E-state index in [1.54, 1.807) is 0 Å². The molecule has 1 atom stereocenters. The first kappa shape index (κ1) is 11.6. The lowest BCUT2D eigenvalue weighted by Crippen LogP contribution is -2.09. The summed E-state index contributed by atoms with van der Waals surface area (Å²) in [7, 11) is 0. The normalized spacial score (nSPS) is 20.2. The molecule has 0 amide bonds. The minimum absolute atomic E-state index is 0.740. The van der Waals surface area contributed by atoms with E-state index in [-0.39, 0.29) is 0 Å². The van der Waals surface area contributed by atoms with Gasteiger partial charge in [-0.05, 0) is 54.3 Å². The molecule has 1 saturated heterocycles. The molecule has 0 spiro atoms. The fourth-order valence-corrected chi connectivity index (χ4v) is 4.01. The van der Waals surface area contributed by atoms with Crippen molar-refractivity contribution in [1.82, 2.24) is 9.55 Å². The van der Waals surface area contributed by atoms with Crippen LogP contribution in [0.1, 0.15) is 6.42 Å². The number of hydrogen-bond acceptors (Lipinski definition) is 2. The Kier molecular flexibility index (Phi) is 3.19. The van der Waals surface area contributed by atoms with Crippen LogP contribution in [0.15, 0.2) is 18.2 Å². The predicted molar refractivity (Wildman–Crippen MR) is 77.6 cm³/mol. The van der Waals surface area contributed by atoms with Gasteiger partial charge in [-0.1, -0.05) is 11.6 Å². The van der Waals surface area contributed by atoms with E-state index in [9.17, 15) is 0 Å². The number of fused-ring (bicyclic) bond motifs is 1. The van der Waals surface area contributed by atoms with Gasteiger partial charge < -0.3 is 9.55 Å². The summed E-state index contributed by atoms with van der Waals surface area (Å²) in [6.07, 6.45) is 1.29. The zero-order chi connectivity index (χ0) is 11.8. The van der Waals surface area contributed by atoms with Crippen LogP contribution in [0.25, 0.3) is 11.0 Å². The minimum atomic E-state index is 0.740. The number of aromatic amines is 1. The summed E-state index contributed by atoms with van der Waals surface area (Å²) in [4.78, 5) is 3.24. The van der Waals surface area contributed by atoms with Gasteiger partial charge in [-0.3, -0.25) is 0 Å². The Hall–Kier alpha value is -0.450. The molecular formula is C12H13ClN2S2. The molecule has 1 fully saturated rings. The number of nitrogens with zero attached hydrogens (tertiary/aromatic N) is 1. The monoisotopic (exact) mass is 284 g/mol. The molecule has 1 N–H and O–H groups in total. The van der Waals surface area contributed by atoms with Crippen molar-refractivity contribution in [3.63, 3.8) is 0 Å². The van der Waals surface area contributed by atoms with Crippen molar-refractivity contribution >= 4 is 46.6 Å². The Morgan fingerprint density at radius 2 is 2.41 bits per heavy atom. The van der Waals surface area contributed by atoms with Crippen LogP contribution in [-0.2, 0) is 6.54 Å². The van der Waals surface area contributed by atoms with Gasteiger partial charge in [0, 0.05) is 11.6 Å². The first-order valence-electron chi connectivity index (χ1n) is 5.70. The van der Waals surface area contributed by atoms with Crippen LogP contribution in [0.5, 0.6) is 0 Å². The van der Waals surface area contributed by atoms with Crippen molar-refractivity contribution in [3.05, 3.63) is 28.0 Å². The van der Waals surface area contributed by atoms with E-state index in [0.29, 0.717) is 0 Å². The van der Waals surface area contributed by atoms with E-state index in [2.05, 4.69) is 9.55 Å². The highest BCUT2D eigenvalue weighted by Gasteiger charge is 2.17. The Labute approximate surface area is 114 Å². The molecule has 1 unspecified atom stereocenters. The third-order valence-corrected chi connectivity index (χ3v) is 4.99. The number of benzene rings is 1. The highest BCUT2D eigenvalue weighted by atomic mass is 35.5. The molecule has 0 bridgehead atoms. The van der Waals surface area contributed by atoms with Crippen molar-refractivity contribution in [2.75, 3.05) is 11.5 Å². The second-order valence-electron chi connectivity index (χ2n) is 4.43. The molecule has 1 aliphatic heterocycles. The molecule has 0 aliphatic carbocycles.